The van der Waals surface area contributed by atoms with Crippen molar-refractivity contribution >= 4 is 42.8 Å². The molecule has 7 heteroatoms. The summed E-state index contributed by atoms with van der Waals surface area (Å²) in [5.41, 5.74) is 3.49. The van der Waals surface area contributed by atoms with Crippen LogP contribution in [0.15, 0.2) is 42.7 Å². The smallest absolute Gasteiger partial charge is 0.197 e. The summed E-state index contributed by atoms with van der Waals surface area (Å²) in [4.78, 5) is 23.9. The van der Waals surface area contributed by atoms with Gasteiger partial charge in [0, 0.05) is 53.5 Å². The number of aryl methyl sites for hydroxylation is 1. The number of fused-ring (bicyclic) bond motifs is 2. The first-order valence-corrected chi connectivity index (χ1v) is 9.53. The number of hydrogen-bond acceptors (Lipinski definition) is 5. The van der Waals surface area contributed by atoms with E-state index in [1.807, 2.05) is 19.2 Å². The zero-order chi connectivity index (χ0) is 17.6. The average molecular weight is 465 g/mol. The molecule has 0 saturated heterocycles. The average Bonchev–Trinajstić information content (AvgIpc) is 2.58. The molecular formula is C18H15Br2N3O2. The highest BCUT2D eigenvalue weighted by atomic mass is 79.9. The summed E-state index contributed by atoms with van der Waals surface area (Å²) in [6.45, 7) is 4.07. The molecule has 0 aliphatic carbocycles. The molecule has 2 aromatic heterocycles. The van der Waals surface area contributed by atoms with E-state index in [4.69, 9.17) is 4.42 Å². The predicted octanol–water partition coefficient (Wildman–Crippen LogP) is 3.97. The van der Waals surface area contributed by atoms with Gasteiger partial charge in [0.15, 0.2) is 11.0 Å². The van der Waals surface area contributed by atoms with Gasteiger partial charge in [0.25, 0.3) is 0 Å². The van der Waals surface area contributed by atoms with Crippen LogP contribution in [-0.2, 0) is 19.5 Å². The van der Waals surface area contributed by atoms with E-state index in [9.17, 15) is 4.79 Å². The van der Waals surface area contributed by atoms with Crippen LogP contribution < -0.4 is 5.43 Å². The Morgan fingerprint density at radius 2 is 2.16 bits per heavy atom. The van der Waals surface area contributed by atoms with Crippen LogP contribution in [0.25, 0.3) is 11.0 Å². The van der Waals surface area contributed by atoms with Gasteiger partial charge >= 0.3 is 0 Å². The van der Waals surface area contributed by atoms with Crippen LogP contribution in [0.5, 0.6) is 0 Å². The Morgan fingerprint density at radius 1 is 1.32 bits per heavy atom. The second-order valence-electron chi connectivity index (χ2n) is 6.20. The molecule has 5 nitrogen and oxygen atoms in total. The van der Waals surface area contributed by atoms with Crippen molar-refractivity contribution in [3.63, 3.8) is 0 Å². The van der Waals surface area contributed by atoms with Gasteiger partial charge in [0.05, 0.1) is 16.1 Å². The van der Waals surface area contributed by atoms with Crippen molar-refractivity contribution in [2.24, 2.45) is 0 Å². The van der Waals surface area contributed by atoms with Gasteiger partial charge in [0.1, 0.15) is 5.82 Å². The molecular weight excluding hydrogens is 450 g/mol. The van der Waals surface area contributed by atoms with Crippen molar-refractivity contribution in [2.75, 3.05) is 6.54 Å². The van der Waals surface area contributed by atoms with Crippen LogP contribution in [0.4, 0.5) is 0 Å². The van der Waals surface area contributed by atoms with E-state index in [2.05, 4.69) is 46.7 Å². The van der Waals surface area contributed by atoms with Gasteiger partial charge in [-0.25, -0.2) is 9.97 Å². The summed E-state index contributed by atoms with van der Waals surface area (Å²) in [5, 5.41) is 0.579. The van der Waals surface area contributed by atoms with Gasteiger partial charge < -0.3 is 4.42 Å². The quantitative estimate of drug-likeness (QED) is 0.574. The molecule has 1 aliphatic rings. The maximum Gasteiger partial charge on any atom is 0.197 e. The molecule has 0 unspecified atom stereocenters. The van der Waals surface area contributed by atoms with Gasteiger partial charge in [0.2, 0.25) is 0 Å². The number of halogens is 2. The van der Waals surface area contributed by atoms with Crippen LogP contribution >= 0.6 is 31.9 Å². The van der Waals surface area contributed by atoms with Gasteiger partial charge in [-0.3, -0.25) is 9.69 Å². The zero-order valence-electron chi connectivity index (χ0n) is 13.6. The summed E-state index contributed by atoms with van der Waals surface area (Å²) in [5.74, 6) is 0.804. The van der Waals surface area contributed by atoms with Crippen LogP contribution in [0, 0.1) is 6.92 Å². The summed E-state index contributed by atoms with van der Waals surface area (Å²) >= 11 is 6.87. The fourth-order valence-electron chi connectivity index (χ4n) is 3.16. The molecule has 0 bridgehead atoms. The minimum Gasteiger partial charge on any atom is -0.463 e. The third kappa shape index (κ3) is 3.28. The van der Waals surface area contributed by atoms with Crippen molar-refractivity contribution in [3.05, 3.63) is 66.4 Å². The summed E-state index contributed by atoms with van der Waals surface area (Å²) in [6, 6.07) is 3.67. The molecule has 0 saturated carbocycles. The van der Waals surface area contributed by atoms with Gasteiger partial charge in [-0.05, 0) is 35.0 Å². The molecule has 0 N–H and O–H groups in total. The largest absolute Gasteiger partial charge is 0.463 e. The Bertz CT molecular complexity index is 1030. The fraction of sp³-hybridized carbons (Fsp3) is 0.278. The van der Waals surface area contributed by atoms with Gasteiger partial charge in [-0.2, -0.15) is 0 Å². The standard InChI is InChI=1S/C18H15Br2N3O2/c1-10-21-6-11-7-23(3-2-16(11)22-10)8-12-9-25-18-14(17(12)24)4-13(19)5-15(18)20/h4-6,9H,2-3,7-8H2,1H3. The second-order valence-corrected chi connectivity index (χ2v) is 7.97. The number of hydrogen-bond donors (Lipinski definition) is 0. The lowest BCUT2D eigenvalue weighted by Gasteiger charge is -2.27. The van der Waals surface area contributed by atoms with Crippen LogP contribution in [-0.4, -0.2) is 21.4 Å². The van der Waals surface area contributed by atoms with E-state index in [0.717, 1.165) is 45.5 Å². The number of benzene rings is 1. The monoisotopic (exact) mass is 463 g/mol. The lowest BCUT2D eigenvalue weighted by Crippen LogP contribution is -2.32. The molecule has 128 valence electrons. The summed E-state index contributed by atoms with van der Waals surface area (Å²) in [7, 11) is 0. The molecule has 1 aromatic carbocycles. The summed E-state index contributed by atoms with van der Waals surface area (Å²) < 4.78 is 7.32. The Morgan fingerprint density at radius 3 is 3.00 bits per heavy atom. The number of rotatable bonds is 2. The molecule has 3 heterocycles. The van der Waals surface area contributed by atoms with Crippen LogP contribution in [0.3, 0.4) is 0 Å². The lowest BCUT2D eigenvalue weighted by molar-refractivity contribution is 0.240. The maximum absolute atomic E-state index is 12.8. The van der Waals surface area contributed by atoms with Gasteiger partial charge in [-0.1, -0.05) is 15.9 Å². The van der Waals surface area contributed by atoms with Crippen LogP contribution in [0.1, 0.15) is 22.6 Å². The predicted molar refractivity (Wildman–Crippen MR) is 102 cm³/mol. The second kappa shape index (κ2) is 6.63. The van der Waals surface area contributed by atoms with Crippen molar-refractivity contribution in [1.29, 1.82) is 0 Å². The minimum atomic E-state index is 0.00852. The van der Waals surface area contributed by atoms with Crippen molar-refractivity contribution < 1.29 is 4.42 Å². The molecule has 0 fully saturated rings. The van der Waals surface area contributed by atoms with Gasteiger partial charge in [-0.15, -0.1) is 0 Å². The Kier molecular flexibility index (Phi) is 4.47. The topological polar surface area (TPSA) is 59.2 Å². The Hall–Kier alpha value is -1.57. The van der Waals surface area contributed by atoms with E-state index in [1.54, 1.807) is 12.3 Å². The van der Waals surface area contributed by atoms with E-state index >= 15 is 0 Å². The fourth-order valence-corrected chi connectivity index (χ4v) is 4.48. The molecule has 4 rings (SSSR count). The SMILES string of the molecule is Cc1ncc2c(n1)CCN(Cc1coc3c(Br)cc(Br)cc3c1=O)C2. The van der Waals surface area contributed by atoms with Crippen molar-refractivity contribution in [3.8, 4) is 0 Å². The summed E-state index contributed by atoms with van der Waals surface area (Å²) in [6.07, 6.45) is 4.33. The van der Waals surface area contributed by atoms with E-state index in [1.165, 1.54) is 0 Å². The van der Waals surface area contributed by atoms with Crippen molar-refractivity contribution in [2.45, 2.75) is 26.4 Å². The molecule has 0 spiro atoms. The number of aromatic nitrogens is 2. The maximum atomic E-state index is 12.8. The molecule has 25 heavy (non-hydrogen) atoms. The first-order valence-electron chi connectivity index (χ1n) is 7.94. The highest BCUT2D eigenvalue weighted by Gasteiger charge is 2.20. The first kappa shape index (κ1) is 16.9. The Labute approximate surface area is 161 Å². The Balaban J connectivity index is 1.64. The van der Waals surface area contributed by atoms with E-state index in [-0.39, 0.29) is 5.43 Å². The van der Waals surface area contributed by atoms with Crippen LogP contribution in [0.2, 0.25) is 0 Å². The van der Waals surface area contributed by atoms with E-state index in [0.29, 0.717) is 23.1 Å². The highest BCUT2D eigenvalue weighted by Crippen LogP contribution is 2.27. The zero-order valence-corrected chi connectivity index (χ0v) is 16.7. The number of nitrogens with zero attached hydrogens (tertiary/aromatic N) is 3. The third-order valence-corrected chi connectivity index (χ3v) is 5.44. The first-order chi connectivity index (χ1) is 12.0. The molecule has 0 amide bonds. The van der Waals surface area contributed by atoms with Crippen molar-refractivity contribution in [1.82, 2.24) is 14.9 Å². The molecule has 3 aromatic rings. The third-order valence-electron chi connectivity index (χ3n) is 4.39. The normalized spacial score (nSPS) is 14.7. The minimum absolute atomic E-state index is 0.00852. The van der Waals surface area contributed by atoms with E-state index < -0.39 is 0 Å². The lowest BCUT2D eigenvalue weighted by atomic mass is 10.1. The highest BCUT2D eigenvalue weighted by molar-refractivity contribution is 9.11. The molecule has 0 atom stereocenters. The molecule has 0 radical (unpaired) electrons. The molecule has 1 aliphatic heterocycles.